The van der Waals surface area contributed by atoms with Crippen molar-refractivity contribution < 1.29 is 14.3 Å². The molecule has 6 heteroatoms. The van der Waals surface area contributed by atoms with Crippen molar-refractivity contribution in [2.45, 2.75) is 6.92 Å². The number of carbonyl (C=O) groups excluding carboxylic acids is 1. The number of rotatable bonds is 2. The van der Waals surface area contributed by atoms with E-state index in [4.69, 9.17) is 21.1 Å². The maximum absolute atomic E-state index is 12.0. The van der Waals surface area contributed by atoms with Crippen LogP contribution in [-0.4, -0.2) is 22.6 Å². The monoisotopic (exact) mass is 290 g/mol. The van der Waals surface area contributed by atoms with E-state index in [1.807, 2.05) is 0 Å². The number of nitrogens with one attached hydrogen (secondary N) is 1. The predicted octanol–water partition coefficient (Wildman–Crippen LogP) is 2.23. The third-order valence-corrected chi connectivity index (χ3v) is 2.72. The van der Waals surface area contributed by atoms with E-state index in [1.165, 1.54) is 6.39 Å². The number of aliphatic hydroxyl groups excluding tert-OH is 1. The van der Waals surface area contributed by atoms with Gasteiger partial charge in [-0.15, -0.1) is 0 Å². The van der Waals surface area contributed by atoms with Crippen LogP contribution in [0.2, 0.25) is 5.02 Å². The van der Waals surface area contributed by atoms with Crippen molar-refractivity contribution in [2.24, 2.45) is 0 Å². The van der Waals surface area contributed by atoms with Crippen molar-refractivity contribution in [1.82, 2.24) is 4.98 Å². The zero-order valence-electron chi connectivity index (χ0n) is 10.6. The molecule has 0 spiro atoms. The van der Waals surface area contributed by atoms with Gasteiger partial charge in [0.05, 0.1) is 11.4 Å². The number of oxazole rings is 1. The first-order chi connectivity index (χ1) is 9.61. The molecule has 0 saturated heterocycles. The topological polar surface area (TPSA) is 75.4 Å². The van der Waals surface area contributed by atoms with Gasteiger partial charge in [-0.1, -0.05) is 23.4 Å². The van der Waals surface area contributed by atoms with Crippen molar-refractivity contribution >= 4 is 23.2 Å². The summed E-state index contributed by atoms with van der Waals surface area (Å²) in [5.74, 6) is 4.95. The van der Waals surface area contributed by atoms with E-state index in [0.29, 0.717) is 22.0 Å². The Labute approximate surface area is 120 Å². The lowest BCUT2D eigenvalue weighted by Crippen LogP contribution is -2.13. The van der Waals surface area contributed by atoms with Crippen LogP contribution in [0.5, 0.6) is 0 Å². The molecule has 0 aliphatic carbocycles. The summed E-state index contributed by atoms with van der Waals surface area (Å²) in [5.41, 5.74) is 1.49. The quantitative estimate of drug-likeness (QED) is 0.832. The van der Waals surface area contributed by atoms with E-state index in [2.05, 4.69) is 22.1 Å². The molecule has 0 radical (unpaired) electrons. The maximum Gasteiger partial charge on any atom is 0.293 e. The van der Waals surface area contributed by atoms with Gasteiger partial charge in [-0.2, -0.15) is 0 Å². The Hall–Kier alpha value is -2.29. The van der Waals surface area contributed by atoms with Gasteiger partial charge in [0.2, 0.25) is 5.76 Å². The molecule has 2 N–H and O–H groups in total. The standard InChI is InChI=1S/C14H11ClN2O3/c1-9-13(20-8-16-9)14(19)17-12-7-11(15)5-4-10(12)3-2-6-18/h4-5,7-8,18H,6H2,1H3,(H,17,19). The highest BCUT2D eigenvalue weighted by Crippen LogP contribution is 2.21. The summed E-state index contributed by atoms with van der Waals surface area (Å²) in [7, 11) is 0. The number of benzene rings is 1. The first kappa shape index (κ1) is 14.1. The molecule has 0 aliphatic heterocycles. The van der Waals surface area contributed by atoms with Crippen molar-refractivity contribution in [3.05, 3.63) is 46.6 Å². The number of aromatic nitrogens is 1. The summed E-state index contributed by atoms with van der Waals surface area (Å²) in [5, 5.41) is 11.9. The number of hydrogen-bond acceptors (Lipinski definition) is 4. The number of aliphatic hydroxyl groups is 1. The summed E-state index contributed by atoms with van der Waals surface area (Å²) in [6.45, 7) is 1.40. The average molecular weight is 291 g/mol. The number of anilines is 1. The first-order valence-electron chi connectivity index (χ1n) is 5.72. The summed E-state index contributed by atoms with van der Waals surface area (Å²) in [6, 6.07) is 4.89. The van der Waals surface area contributed by atoms with Gasteiger partial charge in [-0.05, 0) is 25.1 Å². The molecule has 0 saturated carbocycles. The molecule has 0 bridgehead atoms. The van der Waals surface area contributed by atoms with Crippen LogP contribution < -0.4 is 5.32 Å². The highest BCUT2D eigenvalue weighted by atomic mass is 35.5. The molecule has 1 heterocycles. The van der Waals surface area contributed by atoms with Gasteiger partial charge in [0.25, 0.3) is 5.91 Å². The predicted molar refractivity (Wildman–Crippen MR) is 74.6 cm³/mol. The SMILES string of the molecule is Cc1ncoc1C(=O)Nc1cc(Cl)ccc1C#CCO. The van der Waals surface area contributed by atoms with Crippen LogP contribution in [0.15, 0.2) is 29.0 Å². The summed E-state index contributed by atoms with van der Waals surface area (Å²) >= 11 is 5.91. The van der Waals surface area contributed by atoms with Crippen LogP contribution >= 0.6 is 11.6 Å². The van der Waals surface area contributed by atoms with E-state index >= 15 is 0 Å². The first-order valence-corrected chi connectivity index (χ1v) is 6.10. The Morgan fingerprint density at radius 1 is 1.55 bits per heavy atom. The minimum atomic E-state index is -0.436. The second-order valence-corrected chi connectivity index (χ2v) is 4.31. The van der Waals surface area contributed by atoms with Crippen LogP contribution in [0.1, 0.15) is 21.8 Å². The molecule has 0 fully saturated rings. The lowest BCUT2D eigenvalue weighted by Gasteiger charge is -2.07. The smallest absolute Gasteiger partial charge is 0.293 e. The fraction of sp³-hybridized carbons (Fsp3) is 0.143. The maximum atomic E-state index is 12.0. The summed E-state index contributed by atoms with van der Waals surface area (Å²) in [6.07, 6.45) is 1.20. The van der Waals surface area contributed by atoms with Gasteiger partial charge in [0.1, 0.15) is 6.61 Å². The number of nitrogens with zero attached hydrogens (tertiary/aromatic N) is 1. The van der Waals surface area contributed by atoms with Gasteiger partial charge in [0, 0.05) is 10.6 Å². The molecule has 2 rings (SSSR count). The van der Waals surface area contributed by atoms with Crippen molar-refractivity contribution in [1.29, 1.82) is 0 Å². The zero-order valence-corrected chi connectivity index (χ0v) is 11.4. The zero-order chi connectivity index (χ0) is 14.5. The normalized spacial score (nSPS) is 9.75. The van der Waals surface area contributed by atoms with Crippen LogP contribution in [0.3, 0.4) is 0 Å². The van der Waals surface area contributed by atoms with Crippen LogP contribution in [-0.2, 0) is 0 Å². The number of amides is 1. The Balaban J connectivity index is 2.31. The molecular formula is C14H11ClN2O3. The van der Waals surface area contributed by atoms with Crippen LogP contribution in [0, 0.1) is 18.8 Å². The third kappa shape index (κ3) is 3.18. The molecule has 1 aromatic heterocycles. The second-order valence-electron chi connectivity index (χ2n) is 3.87. The van der Waals surface area contributed by atoms with Crippen LogP contribution in [0.25, 0.3) is 0 Å². The van der Waals surface area contributed by atoms with E-state index in [-0.39, 0.29) is 12.4 Å². The summed E-state index contributed by atoms with van der Waals surface area (Å²) < 4.78 is 5.02. The minimum absolute atomic E-state index is 0.131. The van der Waals surface area contributed by atoms with E-state index in [1.54, 1.807) is 25.1 Å². The van der Waals surface area contributed by atoms with Crippen molar-refractivity contribution in [3.8, 4) is 11.8 Å². The Morgan fingerprint density at radius 3 is 3.00 bits per heavy atom. The van der Waals surface area contributed by atoms with E-state index in [0.717, 1.165) is 0 Å². The second kappa shape index (κ2) is 6.24. The van der Waals surface area contributed by atoms with Gasteiger partial charge < -0.3 is 14.8 Å². The fourth-order valence-corrected chi connectivity index (χ4v) is 1.73. The Bertz CT molecular complexity index is 698. The molecular weight excluding hydrogens is 280 g/mol. The number of carbonyl (C=O) groups is 1. The van der Waals surface area contributed by atoms with Gasteiger partial charge in [-0.25, -0.2) is 4.98 Å². The molecule has 2 aromatic rings. The number of halogens is 1. The lowest BCUT2D eigenvalue weighted by atomic mass is 10.1. The molecule has 0 unspecified atom stereocenters. The average Bonchev–Trinajstić information content (AvgIpc) is 2.84. The minimum Gasteiger partial charge on any atom is -0.438 e. The Kier molecular flexibility index (Phi) is 4.41. The molecule has 1 amide bonds. The molecule has 20 heavy (non-hydrogen) atoms. The highest BCUT2D eigenvalue weighted by molar-refractivity contribution is 6.31. The van der Waals surface area contributed by atoms with Gasteiger partial charge >= 0.3 is 0 Å². The van der Waals surface area contributed by atoms with Crippen molar-refractivity contribution in [2.75, 3.05) is 11.9 Å². The van der Waals surface area contributed by atoms with E-state index < -0.39 is 5.91 Å². The number of aryl methyl sites for hydroxylation is 1. The number of hydrogen-bond donors (Lipinski definition) is 2. The summed E-state index contributed by atoms with van der Waals surface area (Å²) in [4.78, 5) is 15.9. The molecule has 1 aromatic carbocycles. The van der Waals surface area contributed by atoms with Crippen molar-refractivity contribution in [3.63, 3.8) is 0 Å². The third-order valence-electron chi connectivity index (χ3n) is 2.48. The molecule has 0 atom stereocenters. The fourth-order valence-electron chi connectivity index (χ4n) is 1.56. The Morgan fingerprint density at radius 2 is 2.35 bits per heavy atom. The van der Waals surface area contributed by atoms with Gasteiger partial charge in [-0.3, -0.25) is 4.79 Å². The molecule has 102 valence electrons. The van der Waals surface area contributed by atoms with Crippen LogP contribution in [0.4, 0.5) is 5.69 Å². The largest absolute Gasteiger partial charge is 0.438 e. The lowest BCUT2D eigenvalue weighted by molar-refractivity contribution is 0.0996. The van der Waals surface area contributed by atoms with Gasteiger partial charge in [0.15, 0.2) is 6.39 Å². The highest BCUT2D eigenvalue weighted by Gasteiger charge is 2.15. The molecule has 5 nitrogen and oxygen atoms in total. The molecule has 0 aliphatic rings. The van der Waals surface area contributed by atoms with E-state index in [9.17, 15) is 4.79 Å².